The van der Waals surface area contributed by atoms with Crippen molar-refractivity contribution in [1.29, 1.82) is 0 Å². The topological polar surface area (TPSA) is 118 Å². The van der Waals surface area contributed by atoms with E-state index in [0.717, 1.165) is 90.1 Å². The average Bonchev–Trinajstić information content (AvgIpc) is 3.57. The number of ether oxygens (including phenoxy) is 1. The standard InChI is InChI=1S/C71H103N5O3/c1-51(71(47-19-48-71)61-39-36-56(54-28-17-29-54)24-13-7-16-27-60(50-61)55-30-18-31-55)46-49-73-69(77)59-37-40-62(41-38-59)79-70(78)74-66-45-43-64-63(42-44-65(66)72)68(76-75-67(64)57-25-14-8-15-26-57)58-34-32-53(33-35-58)23-12-6-11-22-52-20-9-4-2-3-5-10-21-52/h8,14-15,25-26,32-35,37-38,40-41,51-52,54-56,60-61,64-66,76H,2-7,9-13,16-24,27-31,36,39,42-50,72H2,1H3,(H,73,77)(H,74,78)/t51?,56?,60?,61?,64?,65-,66+/m0/s1. The van der Waals surface area contributed by atoms with Gasteiger partial charge in [-0.1, -0.05) is 209 Å². The number of nitrogens with one attached hydrogen (secondary N) is 3. The van der Waals surface area contributed by atoms with Crippen LogP contribution in [-0.4, -0.2) is 36.3 Å². The van der Waals surface area contributed by atoms with E-state index in [4.69, 9.17) is 15.6 Å². The van der Waals surface area contributed by atoms with Crippen LogP contribution in [0.2, 0.25) is 0 Å². The van der Waals surface area contributed by atoms with Crippen molar-refractivity contribution in [2.45, 2.75) is 244 Å². The van der Waals surface area contributed by atoms with E-state index in [1.165, 1.54) is 197 Å². The van der Waals surface area contributed by atoms with Crippen LogP contribution >= 0.6 is 0 Å². The number of unbranched alkanes of at least 4 members (excludes halogenated alkanes) is 2. The number of allylic oxidation sites excluding steroid dienone is 1. The number of hydrogen-bond acceptors (Lipinski definition) is 6. The fourth-order valence-electron chi connectivity index (χ4n) is 16.4. The van der Waals surface area contributed by atoms with Crippen molar-refractivity contribution in [3.8, 4) is 5.75 Å². The number of rotatable bonds is 18. The van der Waals surface area contributed by atoms with Crippen molar-refractivity contribution in [3.63, 3.8) is 0 Å². The molecule has 10 rings (SSSR count). The lowest BCUT2D eigenvalue weighted by Gasteiger charge is -2.54. The van der Waals surface area contributed by atoms with Crippen LogP contribution < -0.4 is 26.5 Å². The zero-order valence-electron chi connectivity index (χ0n) is 49.0. The molecule has 430 valence electrons. The lowest BCUT2D eigenvalue weighted by molar-refractivity contribution is -0.0406. The molecule has 3 aromatic carbocycles. The van der Waals surface area contributed by atoms with Gasteiger partial charge in [0.05, 0.1) is 11.4 Å². The summed E-state index contributed by atoms with van der Waals surface area (Å²) < 4.78 is 5.87. The van der Waals surface area contributed by atoms with Crippen LogP contribution in [0, 0.1) is 52.8 Å². The molecule has 8 heteroatoms. The Balaban J connectivity index is 0.705. The molecule has 0 bridgehead atoms. The molecule has 79 heavy (non-hydrogen) atoms. The Morgan fingerprint density at radius 1 is 0.658 bits per heavy atom. The van der Waals surface area contributed by atoms with Gasteiger partial charge in [0, 0.05) is 30.1 Å². The number of fused-ring (bicyclic) bond motifs is 1. The summed E-state index contributed by atoms with van der Waals surface area (Å²) in [6, 6.07) is 26.2. The van der Waals surface area contributed by atoms with Crippen LogP contribution in [0.5, 0.6) is 5.75 Å². The number of carbonyl (C=O) groups excluding carboxylic acids is 2. The summed E-state index contributed by atoms with van der Waals surface area (Å²) in [5.74, 6) is 6.64. The third-order valence-electron chi connectivity index (χ3n) is 22.1. The third-order valence-corrected chi connectivity index (χ3v) is 22.1. The average molecular weight is 1070 g/mol. The summed E-state index contributed by atoms with van der Waals surface area (Å²) in [6.07, 6.45) is 46.0. The zero-order chi connectivity index (χ0) is 54.2. The Morgan fingerprint density at radius 3 is 2.01 bits per heavy atom. The number of amides is 2. The minimum atomic E-state index is -0.523. The molecule has 7 atom stereocenters. The molecule has 7 aliphatic rings. The van der Waals surface area contributed by atoms with Gasteiger partial charge >= 0.3 is 6.09 Å². The maximum absolute atomic E-state index is 13.6. The highest BCUT2D eigenvalue weighted by atomic mass is 16.6. The van der Waals surface area contributed by atoms with E-state index in [1.807, 2.05) is 0 Å². The molecular formula is C71H103N5O3. The molecule has 8 nitrogen and oxygen atoms in total. The van der Waals surface area contributed by atoms with Crippen LogP contribution in [0.4, 0.5) is 4.79 Å². The van der Waals surface area contributed by atoms with Gasteiger partial charge in [0.2, 0.25) is 0 Å². The van der Waals surface area contributed by atoms with Crippen molar-refractivity contribution < 1.29 is 14.3 Å². The summed E-state index contributed by atoms with van der Waals surface area (Å²) in [5, 5.41) is 11.5. The number of benzene rings is 3. The Labute approximate surface area is 477 Å². The van der Waals surface area contributed by atoms with E-state index in [0.29, 0.717) is 35.6 Å². The molecular weight excluding hydrogens is 971 g/mol. The van der Waals surface area contributed by atoms with E-state index >= 15 is 0 Å². The highest BCUT2D eigenvalue weighted by Gasteiger charge is 2.49. The molecule has 0 saturated heterocycles. The van der Waals surface area contributed by atoms with Gasteiger partial charge in [0.15, 0.2) is 0 Å². The SMILES string of the molecule is CC(CCNC(=O)c1ccc(OC(=O)N[C@@H]2CCC3C(c4ccccc4)=NNC(c4ccc(CCCCCC5CCCCCCCC5)cc4)=C3CC[C@@H]2N)cc1)C1(C2CCC(C3CCC3)CCCCCC(C3CCC3)C2)CCC1. The minimum Gasteiger partial charge on any atom is -0.410 e. The molecule has 1 aliphatic heterocycles. The second kappa shape index (κ2) is 29.0. The van der Waals surface area contributed by atoms with E-state index in [2.05, 4.69) is 77.6 Å². The van der Waals surface area contributed by atoms with Gasteiger partial charge in [-0.15, -0.1) is 0 Å². The van der Waals surface area contributed by atoms with Crippen molar-refractivity contribution in [2.24, 2.45) is 63.6 Å². The molecule has 0 radical (unpaired) electrons. The first-order chi connectivity index (χ1) is 38.8. The Hall–Kier alpha value is -4.43. The van der Waals surface area contributed by atoms with Crippen molar-refractivity contribution >= 4 is 23.4 Å². The first kappa shape index (κ1) is 57.8. The third kappa shape index (κ3) is 15.4. The summed E-state index contributed by atoms with van der Waals surface area (Å²) in [7, 11) is 0. The van der Waals surface area contributed by atoms with Crippen molar-refractivity contribution in [3.05, 3.63) is 107 Å². The van der Waals surface area contributed by atoms with Gasteiger partial charge in [-0.3, -0.25) is 10.2 Å². The maximum Gasteiger partial charge on any atom is 0.412 e. The predicted octanol–water partition coefficient (Wildman–Crippen LogP) is 17.4. The second-order valence-electron chi connectivity index (χ2n) is 26.8. The van der Waals surface area contributed by atoms with Gasteiger partial charge in [0.1, 0.15) is 5.75 Å². The molecule has 6 aliphatic carbocycles. The fraction of sp³-hybridized carbons (Fsp3) is 0.676. The fourth-order valence-corrected chi connectivity index (χ4v) is 16.4. The van der Waals surface area contributed by atoms with Gasteiger partial charge in [-0.25, -0.2) is 4.79 Å². The molecule has 2 amide bonds. The second-order valence-corrected chi connectivity index (χ2v) is 26.8. The van der Waals surface area contributed by atoms with Crippen LogP contribution in [-0.2, 0) is 6.42 Å². The molecule has 5 unspecified atom stereocenters. The Morgan fingerprint density at radius 2 is 1.32 bits per heavy atom. The quantitative estimate of drug-likeness (QED) is 0.0947. The molecule has 3 aromatic rings. The lowest BCUT2D eigenvalue weighted by Crippen LogP contribution is -2.50. The Bertz CT molecular complexity index is 2410. The molecule has 6 saturated carbocycles. The maximum atomic E-state index is 13.6. The number of nitrogens with zero attached hydrogens (tertiary/aromatic N) is 1. The first-order valence-electron chi connectivity index (χ1n) is 33.1. The van der Waals surface area contributed by atoms with Crippen molar-refractivity contribution in [1.82, 2.24) is 16.1 Å². The van der Waals surface area contributed by atoms with Crippen LogP contribution in [0.3, 0.4) is 0 Å². The molecule has 5 N–H and O–H groups in total. The number of hydrogen-bond donors (Lipinski definition) is 4. The van der Waals surface area contributed by atoms with E-state index in [-0.39, 0.29) is 23.9 Å². The molecule has 1 heterocycles. The van der Waals surface area contributed by atoms with E-state index in [1.54, 1.807) is 24.3 Å². The van der Waals surface area contributed by atoms with Gasteiger partial charge in [0.25, 0.3) is 5.91 Å². The van der Waals surface area contributed by atoms with Crippen molar-refractivity contribution in [2.75, 3.05) is 6.54 Å². The van der Waals surface area contributed by atoms with E-state index < -0.39 is 6.09 Å². The number of hydrazone groups is 1. The smallest absolute Gasteiger partial charge is 0.410 e. The lowest BCUT2D eigenvalue weighted by atomic mass is 9.51. The normalized spacial score (nSPS) is 27.1. The largest absolute Gasteiger partial charge is 0.412 e. The number of nitrogens with two attached hydrogens (primary N) is 1. The monoisotopic (exact) mass is 1070 g/mol. The van der Waals surface area contributed by atoms with Crippen LogP contribution in [0.1, 0.15) is 252 Å². The van der Waals surface area contributed by atoms with Gasteiger partial charge < -0.3 is 21.1 Å². The zero-order valence-corrected chi connectivity index (χ0v) is 49.0. The Kier molecular flexibility index (Phi) is 21.2. The number of carbonyl (C=O) groups is 2. The molecule has 0 spiro atoms. The highest BCUT2D eigenvalue weighted by Crippen LogP contribution is 2.59. The summed E-state index contributed by atoms with van der Waals surface area (Å²) in [4.78, 5) is 27.2. The summed E-state index contributed by atoms with van der Waals surface area (Å²) >= 11 is 0. The van der Waals surface area contributed by atoms with Crippen LogP contribution in [0.25, 0.3) is 5.70 Å². The predicted molar refractivity (Wildman–Crippen MR) is 326 cm³/mol. The van der Waals surface area contributed by atoms with Crippen LogP contribution in [0.15, 0.2) is 89.5 Å². The summed E-state index contributed by atoms with van der Waals surface area (Å²) in [5.41, 5.74) is 18.6. The number of aryl methyl sites for hydroxylation is 1. The van der Waals surface area contributed by atoms with Gasteiger partial charge in [-0.2, -0.15) is 5.10 Å². The first-order valence-corrected chi connectivity index (χ1v) is 33.1. The highest BCUT2D eigenvalue weighted by molar-refractivity contribution is 6.06. The van der Waals surface area contributed by atoms with Gasteiger partial charge in [-0.05, 0) is 170 Å². The molecule has 6 fully saturated rings. The van der Waals surface area contributed by atoms with E-state index in [9.17, 15) is 9.59 Å². The summed E-state index contributed by atoms with van der Waals surface area (Å²) in [6.45, 7) is 3.21. The molecule has 0 aromatic heterocycles. The minimum absolute atomic E-state index is 0.0642.